The van der Waals surface area contributed by atoms with E-state index in [0.29, 0.717) is 28.7 Å². The van der Waals surface area contributed by atoms with Crippen LogP contribution in [-0.2, 0) is 0 Å². The number of amides is 1. The minimum atomic E-state index is -0.856. The molecule has 3 aromatic carbocycles. The van der Waals surface area contributed by atoms with Crippen molar-refractivity contribution < 1.29 is 18.3 Å². The van der Waals surface area contributed by atoms with E-state index in [1.54, 1.807) is 31.5 Å². The van der Waals surface area contributed by atoms with Gasteiger partial charge in [0.05, 0.1) is 29.9 Å². The number of carbonyl (C=O) groups excluding carboxylic acids is 1. The number of pyridine rings is 1. The molecule has 0 radical (unpaired) electrons. The first-order valence-corrected chi connectivity index (χ1v) is 16.6. The van der Waals surface area contributed by atoms with Crippen molar-refractivity contribution in [3.8, 4) is 17.0 Å². The van der Waals surface area contributed by atoms with Crippen molar-refractivity contribution >= 4 is 40.5 Å². The molecule has 2 aromatic heterocycles. The van der Waals surface area contributed by atoms with Crippen LogP contribution in [0.15, 0.2) is 96.1 Å². The molecule has 50 heavy (non-hydrogen) atoms. The lowest BCUT2D eigenvalue weighted by Crippen LogP contribution is -2.48. The molecule has 256 valence electrons. The summed E-state index contributed by atoms with van der Waals surface area (Å²) in [6.07, 6.45) is 4.99. The number of rotatable bonds is 9. The quantitative estimate of drug-likeness (QED) is 0.164. The van der Waals surface area contributed by atoms with Crippen molar-refractivity contribution in [2.45, 2.75) is 26.2 Å². The van der Waals surface area contributed by atoms with Crippen molar-refractivity contribution in [2.75, 3.05) is 48.8 Å². The van der Waals surface area contributed by atoms with Crippen LogP contribution >= 0.6 is 0 Å². The molecule has 1 amide bonds. The van der Waals surface area contributed by atoms with E-state index in [1.807, 2.05) is 47.0 Å². The number of carbonyl (C=O) groups is 1. The monoisotopic (exact) mass is 676 g/mol. The fourth-order valence-electron chi connectivity index (χ4n) is 6.36. The van der Waals surface area contributed by atoms with Crippen LogP contribution in [0.2, 0.25) is 0 Å². The van der Waals surface area contributed by atoms with Crippen LogP contribution in [0.5, 0.6) is 5.75 Å². The van der Waals surface area contributed by atoms with Crippen LogP contribution in [0.1, 0.15) is 29.9 Å². The molecule has 2 aliphatic heterocycles. The summed E-state index contributed by atoms with van der Waals surface area (Å²) in [6.45, 7) is 8.42. The van der Waals surface area contributed by atoms with Crippen LogP contribution in [-0.4, -0.2) is 72.0 Å². The Morgan fingerprint density at radius 3 is 2.50 bits per heavy atom. The second-order valence-corrected chi connectivity index (χ2v) is 12.4. The fourth-order valence-corrected chi connectivity index (χ4v) is 6.36. The van der Waals surface area contributed by atoms with Crippen LogP contribution in [0, 0.1) is 11.6 Å². The number of benzene rings is 3. The number of methoxy groups -OCH3 is 1. The second-order valence-electron chi connectivity index (χ2n) is 12.4. The number of ether oxygens (including phenoxy) is 1. The van der Waals surface area contributed by atoms with Crippen LogP contribution in [0.4, 0.5) is 25.8 Å². The van der Waals surface area contributed by atoms with Gasteiger partial charge in [-0.15, -0.1) is 0 Å². The number of aliphatic imine (C=N–C) groups is 1. The van der Waals surface area contributed by atoms with E-state index in [4.69, 9.17) is 9.72 Å². The number of hydrogen-bond donors (Lipinski definition) is 3. The average molecular weight is 677 g/mol. The van der Waals surface area contributed by atoms with Gasteiger partial charge in [0.15, 0.2) is 6.29 Å². The maximum Gasteiger partial charge on any atom is 0.255 e. The third-order valence-corrected chi connectivity index (χ3v) is 9.04. The molecule has 1 saturated heterocycles. The van der Waals surface area contributed by atoms with E-state index in [9.17, 15) is 13.6 Å². The summed E-state index contributed by atoms with van der Waals surface area (Å²) in [7, 11) is 1.66. The molecule has 1 unspecified atom stereocenters. The predicted molar refractivity (Wildman–Crippen MR) is 194 cm³/mol. The Hall–Kier alpha value is -5.75. The van der Waals surface area contributed by atoms with Gasteiger partial charge in [-0.3, -0.25) is 14.1 Å². The summed E-state index contributed by atoms with van der Waals surface area (Å²) in [6, 6.07) is 22.6. The number of imidazole rings is 1. The summed E-state index contributed by atoms with van der Waals surface area (Å²) < 4.78 is 36.3. The zero-order valence-corrected chi connectivity index (χ0v) is 28.0. The molecule has 0 aliphatic carbocycles. The highest BCUT2D eigenvalue weighted by Gasteiger charge is 2.24. The van der Waals surface area contributed by atoms with Crippen molar-refractivity contribution in [1.29, 1.82) is 0 Å². The van der Waals surface area contributed by atoms with Gasteiger partial charge < -0.3 is 25.6 Å². The van der Waals surface area contributed by atoms with Crippen molar-refractivity contribution in [3.63, 3.8) is 0 Å². The summed E-state index contributed by atoms with van der Waals surface area (Å²) in [5.74, 6) is -1.65. The Morgan fingerprint density at radius 2 is 1.74 bits per heavy atom. The Labute approximate surface area is 289 Å². The number of allylic oxidation sites excluding steroid dienone is 1. The van der Waals surface area contributed by atoms with Gasteiger partial charge in [0.25, 0.3) is 5.91 Å². The molecule has 1 atom stereocenters. The highest BCUT2D eigenvalue weighted by atomic mass is 19.1. The smallest absolute Gasteiger partial charge is 0.255 e. The number of anilines is 3. The molecule has 10 nitrogen and oxygen atoms in total. The minimum Gasteiger partial charge on any atom is -0.495 e. The van der Waals surface area contributed by atoms with Gasteiger partial charge in [-0.05, 0) is 68.5 Å². The Morgan fingerprint density at radius 1 is 0.960 bits per heavy atom. The first kappa shape index (κ1) is 32.8. The summed E-state index contributed by atoms with van der Waals surface area (Å²) >= 11 is 0. The molecule has 1 fully saturated rings. The maximum atomic E-state index is 14.3. The predicted octanol–water partition coefficient (Wildman–Crippen LogP) is 6.48. The van der Waals surface area contributed by atoms with Gasteiger partial charge in [0.2, 0.25) is 0 Å². The molecule has 0 saturated carbocycles. The highest BCUT2D eigenvalue weighted by molar-refractivity contribution is 6.05. The maximum absolute atomic E-state index is 14.3. The molecule has 7 rings (SSSR count). The zero-order chi connectivity index (χ0) is 34.8. The van der Waals surface area contributed by atoms with Gasteiger partial charge in [0, 0.05) is 67.5 Å². The zero-order valence-electron chi connectivity index (χ0n) is 28.0. The summed E-state index contributed by atoms with van der Waals surface area (Å²) in [5, 5.41) is 9.32. The molecule has 0 bridgehead atoms. The molecule has 0 spiro atoms. The van der Waals surface area contributed by atoms with Gasteiger partial charge in [-0.25, -0.2) is 18.8 Å². The molecular formula is C38H38F2N8O2. The molecule has 3 N–H and O–H groups in total. The third-order valence-electron chi connectivity index (χ3n) is 9.04. The van der Waals surface area contributed by atoms with Gasteiger partial charge in [-0.2, -0.15) is 0 Å². The van der Waals surface area contributed by atoms with E-state index in [0.717, 1.165) is 61.1 Å². The van der Waals surface area contributed by atoms with Crippen LogP contribution in [0.25, 0.3) is 22.6 Å². The first-order chi connectivity index (χ1) is 24.3. The number of aromatic nitrogens is 2. The Kier molecular flexibility index (Phi) is 9.18. The SMILES string of the molecule is COc1cc(N2CCN(C(C)C)CC2)ccc1NC1N=CC=C(c2c(-c3cccc(C(=O)Nc4c(F)cccc4F)c3)nc3ccccn23)N1. The normalized spacial score (nSPS) is 16.3. The minimum absolute atomic E-state index is 0.220. The highest BCUT2D eigenvalue weighted by Crippen LogP contribution is 2.33. The lowest BCUT2D eigenvalue weighted by molar-refractivity contribution is 0.102. The van der Waals surface area contributed by atoms with Gasteiger partial charge in [0.1, 0.15) is 28.7 Å². The number of nitrogens with zero attached hydrogens (tertiary/aromatic N) is 5. The number of fused-ring (bicyclic) bond motifs is 1. The van der Waals surface area contributed by atoms with Crippen LogP contribution < -0.4 is 25.6 Å². The number of hydrogen-bond acceptors (Lipinski definition) is 8. The summed E-state index contributed by atoms with van der Waals surface area (Å²) in [5.41, 5.74) is 5.06. The van der Waals surface area contributed by atoms with E-state index in [2.05, 4.69) is 56.7 Å². The molecule has 12 heteroatoms. The first-order valence-electron chi connectivity index (χ1n) is 16.6. The second kappa shape index (κ2) is 14.0. The lowest BCUT2D eigenvalue weighted by atomic mass is 10.0. The fraction of sp³-hybridized carbons (Fsp3) is 0.237. The molecular weight excluding hydrogens is 638 g/mol. The van der Waals surface area contributed by atoms with Crippen molar-refractivity contribution in [2.24, 2.45) is 4.99 Å². The van der Waals surface area contributed by atoms with Gasteiger partial charge >= 0.3 is 0 Å². The lowest BCUT2D eigenvalue weighted by Gasteiger charge is -2.38. The molecule has 5 aromatic rings. The summed E-state index contributed by atoms with van der Waals surface area (Å²) in [4.78, 5) is 27.6. The van der Waals surface area contributed by atoms with E-state index >= 15 is 0 Å². The molecule has 4 heterocycles. The number of nitrogens with one attached hydrogen (secondary N) is 3. The van der Waals surface area contributed by atoms with Crippen LogP contribution in [0.3, 0.4) is 0 Å². The van der Waals surface area contributed by atoms with Crippen molar-refractivity contribution in [1.82, 2.24) is 19.6 Å². The third kappa shape index (κ3) is 6.61. The standard InChI is InChI=1S/C38H38F2N8O2/c1-24(2)46-18-20-47(21-19-46)27-13-14-30(32(23-27)50-3)42-38-41-16-15-31(43-38)36-34(44-33-12-4-5-17-48(33)36)25-8-6-9-26(22-25)37(49)45-35-28(39)10-7-11-29(35)40/h4-17,22-24,38,42-43H,18-21H2,1-3H3,(H,45,49). The Balaban J connectivity index is 1.13. The molecule has 2 aliphatic rings. The van der Waals surface area contributed by atoms with E-state index in [1.165, 1.54) is 6.07 Å². The number of halogens is 2. The average Bonchev–Trinajstić information content (AvgIpc) is 3.53. The largest absolute Gasteiger partial charge is 0.495 e. The Bertz CT molecular complexity index is 2080. The van der Waals surface area contributed by atoms with E-state index < -0.39 is 29.5 Å². The van der Waals surface area contributed by atoms with E-state index in [-0.39, 0.29) is 5.56 Å². The van der Waals surface area contributed by atoms with Crippen molar-refractivity contribution in [3.05, 3.63) is 114 Å². The number of para-hydroxylation sites is 1. The topological polar surface area (TPSA) is 98.5 Å². The number of piperazine rings is 1. The van der Waals surface area contributed by atoms with Gasteiger partial charge in [-0.1, -0.05) is 24.3 Å².